The maximum absolute atomic E-state index is 11.6. The Morgan fingerprint density at radius 3 is 2.25 bits per heavy atom. The fraction of sp³-hybridized carbons (Fsp3) is 0.273. The largest absolute Gasteiger partial charge is 0.465 e. The van der Waals surface area contributed by atoms with Crippen LogP contribution in [-0.2, 0) is 9.47 Å². The van der Waals surface area contributed by atoms with Gasteiger partial charge >= 0.3 is 11.9 Å². The number of ether oxygens (including phenoxy) is 2. The summed E-state index contributed by atoms with van der Waals surface area (Å²) in [6.07, 6.45) is 0. The monoisotopic (exact) mass is 240 g/mol. The van der Waals surface area contributed by atoms with Gasteiger partial charge in [0.15, 0.2) is 0 Å². The van der Waals surface area contributed by atoms with Gasteiger partial charge in [-0.2, -0.15) is 12.6 Å². The summed E-state index contributed by atoms with van der Waals surface area (Å²) in [4.78, 5) is 22.9. The molecule has 0 spiro atoms. The Bertz CT molecular complexity index is 389. The van der Waals surface area contributed by atoms with E-state index in [1.54, 1.807) is 12.1 Å². The predicted molar refractivity (Wildman–Crippen MR) is 61.9 cm³/mol. The zero-order valence-corrected chi connectivity index (χ0v) is 9.70. The highest BCUT2D eigenvalue weighted by molar-refractivity contribution is 7.80. The molecular weight excluding hydrogens is 228 g/mol. The van der Waals surface area contributed by atoms with E-state index in [2.05, 4.69) is 17.4 Å². The second-order valence-electron chi connectivity index (χ2n) is 2.90. The van der Waals surface area contributed by atoms with Gasteiger partial charge in [-0.3, -0.25) is 0 Å². The van der Waals surface area contributed by atoms with Crippen LogP contribution in [0, 0.1) is 0 Å². The molecule has 0 heterocycles. The Balaban J connectivity index is 2.94. The number of carbonyl (C=O) groups excluding carboxylic acids is 2. The smallest absolute Gasteiger partial charge is 0.339 e. The number of carbonyl (C=O) groups is 2. The van der Waals surface area contributed by atoms with Crippen LogP contribution >= 0.6 is 12.6 Å². The molecule has 0 bridgehead atoms. The molecule has 16 heavy (non-hydrogen) atoms. The Morgan fingerprint density at radius 2 is 1.75 bits per heavy atom. The van der Waals surface area contributed by atoms with Crippen LogP contribution in [0.5, 0.6) is 0 Å². The Hall–Kier alpha value is -1.49. The number of esters is 2. The van der Waals surface area contributed by atoms with E-state index in [0.717, 1.165) is 0 Å². The van der Waals surface area contributed by atoms with Crippen molar-refractivity contribution in [3.05, 3.63) is 35.4 Å². The fourth-order valence-electron chi connectivity index (χ4n) is 1.17. The zero-order chi connectivity index (χ0) is 12.0. The van der Waals surface area contributed by atoms with E-state index in [1.165, 1.54) is 19.2 Å². The van der Waals surface area contributed by atoms with Crippen molar-refractivity contribution in [2.75, 3.05) is 19.5 Å². The minimum absolute atomic E-state index is 0.203. The van der Waals surface area contributed by atoms with Crippen molar-refractivity contribution in [2.24, 2.45) is 0 Å². The summed E-state index contributed by atoms with van der Waals surface area (Å²) in [5.41, 5.74) is 0.408. The summed E-state index contributed by atoms with van der Waals surface area (Å²) < 4.78 is 9.46. The molecule has 0 amide bonds. The van der Waals surface area contributed by atoms with Crippen LogP contribution in [0.2, 0.25) is 0 Å². The average molecular weight is 240 g/mol. The molecule has 0 radical (unpaired) electrons. The van der Waals surface area contributed by atoms with Crippen LogP contribution in [0.25, 0.3) is 0 Å². The molecule has 4 nitrogen and oxygen atoms in total. The van der Waals surface area contributed by atoms with Gasteiger partial charge in [0.25, 0.3) is 0 Å². The molecule has 5 heteroatoms. The minimum atomic E-state index is -0.557. The Morgan fingerprint density at radius 1 is 1.19 bits per heavy atom. The Labute approximate surface area is 99.0 Å². The average Bonchev–Trinajstić information content (AvgIpc) is 2.35. The summed E-state index contributed by atoms with van der Waals surface area (Å²) in [6, 6.07) is 6.35. The Kier molecular flexibility index (Phi) is 4.85. The molecule has 0 saturated carbocycles. The molecule has 1 aromatic rings. The lowest BCUT2D eigenvalue weighted by Crippen LogP contribution is -2.13. The topological polar surface area (TPSA) is 52.6 Å². The summed E-state index contributed by atoms with van der Waals surface area (Å²) in [5, 5.41) is 0. The van der Waals surface area contributed by atoms with E-state index in [4.69, 9.17) is 4.74 Å². The quantitative estimate of drug-likeness (QED) is 0.641. The van der Waals surface area contributed by atoms with Crippen molar-refractivity contribution in [3.63, 3.8) is 0 Å². The van der Waals surface area contributed by atoms with Crippen LogP contribution < -0.4 is 0 Å². The highest BCUT2D eigenvalue weighted by atomic mass is 32.1. The molecule has 0 aromatic heterocycles. The molecule has 0 aliphatic rings. The van der Waals surface area contributed by atoms with E-state index in [1.807, 2.05) is 0 Å². The lowest BCUT2D eigenvalue weighted by atomic mass is 10.1. The van der Waals surface area contributed by atoms with Gasteiger partial charge in [0.05, 0.1) is 18.2 Å². The fourth-order valence-corrected chi connectivity index (χ4v) is 1.26. The number of rotatable bonds is 4. The van der Waals surface area contributed by atoms with Crippen molar-refractivity contribution >= 4 is 24.6 Å². The second kappa shape index (κ2) is 6.17. The minimum Gasteiger partial charge on any atom is -0.465 e. The molecule has 1 rings (SSSR count). The molecule has 0 unspecified atom stereocenters. The van der Waals surface area contributed by atoms with Gasteiger partial charge in [-0.25, -0.2) is 9.59 Å². The summed E-state index contributed by atoms with van der Waals surface area (Å²) in [5.74, 6) is -0.667. The van der Waals surface area contributed by atoms with Crippen molar-refractivity contribution in [1.82, 2.24) is 0 Å². The highest BCUT2D eigenvalue weighted by Gasteiger charge is 2.17. The van der Waals surface area contributed by atoms with Gasteiger partial charge in [0, 0.05) is 5.75 Å². The molecule has 0 fully saturated rings. The van der Waals surface area contributed by atoms with E-state index >= 15 is 0 Å². The number of methoxy groups -OCH3 is 1. The molecule has 0 aliphatic carbocycles. The van der Waals surface area contributed by atoms with Gasteiger partial charge in [-0.1, -0.05) is 12.1 Å². The number of thiol groups is 1. The lowest BCUT2D eigenvalue weighted by Gasteiger charge is -2.07. The first kappa shape index (κ1) is 12.6. The third kappa shape index (κ3) is 3.00. The van der Waals surface area contributed by atoms with E-state index in [-0.39, 0.29) is 17.7 Å². The second-order valence-corrected chi connectivity index (χ2v) is 3.34. The van der Waals surface area contributed by atoms with Crippen molar-refractivity contribution in [1.29, 1.82) is 0 Å². The molecule has 0 saturated heterocycles. The van der Waals surface area contributed by atoms with Crippen LogP contribution in [0.15, 0.2) is 24.3 Å². The highest BCUT2D eigenvalue weighted by Crippen LogP contribution is 2.11. The third-order valence-electron chi connectivity index (χ3n) is 1.88. The summed E-state index contributed by atoms with van der Waals surface area (Å²) in [7, 11) is 1.26. The molecule has 0 N–H and O–H groups in total. The molecular formula is C11H12O4S. The van der Waals surface area contributed by atoms with Crippen molar-refractivity contribution < 1.29 is 19.1 Å². The van der Waals surface area contributed by atoms with E-state index in [0.29, 0.717) is 5.75 Å². The molecule has 1 aromatic carbocycles. The van der Waals surface area contributed by atoms with Crippen LogP contribution in [0.1, 0.15) is 20.7 Å². The van der Waals surface area contributed by atoms with Crippen molar-refractivity contribution in [3.8, 4) is 0 Å². The number of benzene rings is 1. The summed E-state index contributed by atoms with van der Waals surface area (Å²) in [6.45, 7) is 0.206. The summed E-state index contributed by atoms with van der Waals surface area (Å²) >= 11 is 3.92. The zero-order valence-electron chi connectivity index (χ0n) is 8.80. The molecule has 0 aliphatic heterocycles. The first-order valence-electron chi connectivity index (χ1n) is 4.66. The predicted octanol–water partition coefficient (Wildman–Crippen LogP) is 1.56. The maximum Gasteiger partial charge on any atom is 0.339 e. The SMILES string of the molecule is COC(=O)c1ccccc1C(=O)OCCS. The van der Waals surface area contributed by atoms with Crippen LogP contribution in [-0.4, -0.2) is 31.4 Å². The van der Waals surface area contributed by atoms with Crippen LogP contribution in [0.4, 0.5) is 0 Å². The maximum atomic E-state index is 11.6. The number of hydrogen-bond acceptors (Lipinski definition) is 5. The first-order chi connectivity index (χ1) is 7.70. The first-order valence-corrected chi connectivity index (χ1v) is 5.29. The van der Waals surface area contributed by atoms with Gasteiger partial charge in [-0.15, -0.1) is 0 Å². The van der Waals surface area contributed by atoms with Crippen molar-refractivity contribution in [2.45, 2.75) is 0 Å². The van der Waals surface area contributed by atoms with Gasteiger partial charge in [0.1, 0.15) is 6.61 Å². The molecule has 0 atom stereocenters. The normalized spacial score (nSPS) is 9.62. The lowest BCUT2D eigenvalue weighted by molar-refractivity contribution is 0.0507. The van der Waals surface area contributed by atoms with E-state index < -0.39 is 11.9 Å². The standard InChI is InChI=1S/C11H12O4S/c1-14-10(12)8-4-2-3-5-9(8)11(13)15-6-7-16/h2-5,16H,6-7H2,1H3. The van der Waals surface area contributed by atoms with Gasteiger partial charge in [-0.05, 0) is 12.1 Å². The van der Waals surface area contributed by atoms with Crippen LogP contribution in [0.3, 0.4) is 0 Å². The third-order valence-corrected chi connectivity index (χ3v) is 2.06. The number of hydrogen-bond donors (Lipinski definition) is 1. The van der Waals surface area contributed by atoms with Gasteiger partial charge in [0.2, 0.25) is 0 Å². The van der Waals surface area contributed by atoms with Gasteiger partial charge < -0.3 is 9.47 Å². The van der Waals surface area contributed by atoms with E-state index in [9.17, 15) is 9.59 Å². The molecule has 86 valence electrons.